The Balaban J connectivity index is 2.02. The molecule has 0 radical (unpaired) electrons. The molecule has 1 aromatic carbocycles. The number of carbonyl (C=O) groups is 1. The van der Waals surface area contributed by atoms with Crippen LogP contribution in [0.15, 0.2) is 53.2 Å². The molecule has 3 rings (SSSR count). The summed E-state index contributed by atoms with van der Waals surface area (Å²) in [4.78, 5) is 12.6. The maximum Gasteiger partial charge on any atom is 0.214 e. The van der Waals surface area contributed by atoms with Gasteiger partial charge in [-0.15, -0.1) is 0 Å². The van der Waals surface area contributed by atoms with Crippen LogP contribution in [-0.4, -0.2) is 12.8 Å². The van der Waals surface area contributed by atoms with Crippen LogP contribution in [0.5, 0.6) is 0 Å². The van der Waals surface area contributed by atoms with Gasteiger partial charge < -0.3 is 14.5 Å². The second-order valence-electron chi connectivity index (χ2n) is 4.74. The van der Waals surface area contributed by atoms with Gasteiger partial charge in [0.25, 0.3) is 0 Å². The predicted molar refractivity (Wildman–Crippen MR) is 74.7 cm³/mol. The summed E-state index contributed by atoms with van der Waals surface area (Å²) < 4.78 is 10.8. The van der Waals surface area contributed by atoms with E-state index < -0.39 is 6.10 Å². The molecule has 0 saturated carbocycles. The molecule has 1 unspecified atom stereocenters. The molecule has 0 fully saturated rings. The van der Waals surface area contributed by atoms with Crippen molar-refractivity contribution in [2.75, 3.05) is 7.05 Å². The number of aryl methyl sites for hydroxylation is 1. The van der Waals surface area contributed by atoms with Crippen molar-refractivity contribution in [3.63, 3.8) is 0 Å². The van der Waals surface area contributed by atoms with Gasteiger partial charge in [-0.25, -0.2) is 0 Å². The van der Waals surface area contributed by atoms with Crippen molar-refractivity contribution in [2.45, 2.75) is 13.0 Å². The van der Waals surface area contributed by atoms with Crippen LogP contribution >= 0.6 is 0 Å². The van der Waals surface area contributed by atoms with E-state index in [-0.39, 0.29) is 5.78 Å². The Kier molecular flexibility index (Phi) is 3.06. The molecule has 0 saturated heterocycles. The SMILES string of the molecule is CNC1=C(c2cccc(C)c2)C(=O)C(c2ccoc2)O1. The fraction of sp³-hybridized carbons (Fsp3) is 0.188. The molecule has 102 valence electrons. The molecule has 0 aliphatic carbocycles. The van der Waals surface area contributed by atoms with Gasteiger partial charge in [0.1, 0.15) is 0 Å². The Bertz CT molecular complexity index is 671. The van der Waals surface area contributed by atoms with Crippen molar-refractivity contribution < 1.29 is 13.9 Å². The molecule has 1 aliphatic heterocycles. The van der Waals surface area contributed by atoms with Crippen LogP contribution in [0.4, 0.5) is 0 Å². The van der Waals surface area contributed by atoms with E-state index in [1.807, 2.05) is 31.2 Å². The Labute approximate surface area is 117 Å². The van der Waals surface area contributed by atoms with Crippen molar-refractivity contribution in [3.8, 4) is 0 Å². The van der Waals surface area contributed by atoms with Crippen molar-refractivity contribution >= 4 is 11.4 Å². The zero-order valence-electron chi connectivity index (χ0n) is 11.3. The Morgan fingerprint density at radius 2 is 2.10 bits per heavy atom. The highest BCUT2D eigenvalue weighted by Gasteiger charge is 2.37. The number of Topliss-reactive ketones (excluding diaryl/α,β-unsaturated/α-hetero) is 1. The van der Waals surface area contributed by atoms with E-state index in [9.17, 15) is 4.79 Å². The van der Waals surface area contributed by atoms with Crippen LogP contribution < -0.4 is 5.32 Å². The molecule has 4 heteroatoms. The maximum absolute atomic E-state index is 12.6. The third-order valence-corrected chi connectivity index (χ3v) is 3.33. The summed E-state index contributed by atoms with van der Waals surface area (Å²) >= 11 is 0. The van der Waals surface area contributed by atoms with Gasteiger partial charge in [0.2, 0.25) is 5.78 Å². The molecule has 2 aromatic rings. The maximum atomic E-state index is 12.6. The van der Waals surface area contributed by atoms with E-state index in [1.165, 1.54) is 12.5 Å². The Morgan fingerprint density at radius 1 is 1.25 bits per heavy atom. The van der Waals surface area contributed by atoms with Crippen LogP contribution in [0.3, 0.4) is 0 Å². The first-order valence-electron chi connectivity index (χ1n) is 6.42. The lowest BCUT2D eigenvalue weighted by molar-refractivity contribution is -0.120. The number of nitrogens with one attached hydrogen (secondary N) is 1. The lowest BCUT2D eigenvalue weighted by Gasteiger charge is -2.08. The van der Waals surface area contributed by atoms with Gasteiger partial charge in [0.05, 0.1) is 18.1 Å². The first kappa shape index (κ1) is 12.5. The third-order valence-electron chi connectivity index (χ3n) is 3.33. The second kappa shape index (κ2) is 4.89. The molecule has 0 bridgehead atoms. The molecule has 1 aliphatic rings. The summed E-state index contributed by atoms with van der Waals surface area (Å²) in [5.74, 6) is 0.452. The summed E-state index contributed by atoms with van der Waals surface area (Å²) in [6.45, 7) is 2.00. The van der Waals surface area contributed by atoms with Crippen LogP contribution in [0.25, 0.3) is 5.57 Å². The Hall–Kier alpha value is -2.49. The molecular weight excluding hydrogens is 254 g/mol. The molecule has 2 heterocycles. The molecule has 20 heavy (non-hydrogen) atoms. The Morgan fingerprint density at radius 3 is 2.75 bits per heavy atom. The third kappa shape index (κ3) is 1.99. The van der Waals surface area contributed by atoms with E-state index >= 15 is 0 Å². The topological polar surface area (TPSA) is 51.5 Å². The highest BCUT2D eigenvalue weighted by atomic mass is 16.5. The minimum atomic E-state index is -0.633. The monoisotopic (exact) mass is 269 g/mol. The van der Waals surface area contributed by atoms with Gasteiger partial charge in [0, 0.05) is 12.6 Å². The second-order valence-corrected chi connectivity index (χ2v) is 4.74. The highest BCUT2D eigenvalue weighted by Crippen LogP contribution is 2.37. The fourth-order valence-corrected chi connectivity index (χ4v) is 2.37. The molecule has 1 atom stereocenters. The summed E-state index contributed by atoms with van der Waals surface area (Å²) in [6, 6.07) is 9.57. The minimum absolute atomic E-state index is 0.0543. The molecule has 0 amide bonds. The number of carbonyl (C=O) groups excluding carboxylic acids is 1. The number of furan rings is 1. The van der Waals surface area contributed by atoms with Gasteiger partial charge >= 0.3 is 0 Å². The molecular formula is C16H15NO3. The van der Waals surface area contributed by atoms with Gasteiger partial charge in [-0.3, -0.25) is 4.79 Å². The molecule has 1 N–H and O–H groups in total. The van der Waals surface area contributed by atoms with Crippen molar-refractivity contribution in [3.05, 3.63) is 65.4 Å². The minimum Gasteiger partial charge on any atom is -0.472 e. The van der Waals surface area contributed by atoms with Gasteiger partial charge in [-0.05, 0) is 18.6 Å². The number of rotatable bonds is 3. The molecule has 1 aromatic heterocycles. The molecule has 0 spiro atoms. The van der Waals surface area contributed by atoms with Gasteiger partial charge in [0.15, 0.2) is 12.0 Å². The van der Waals surface area contributed by atoms with Crippen LogP contribution in [-0.2, 0) is 9.53 Å². The summed E-state index contributed by atoms with van der Waals surface area (Å²) in [6.07, 6.45) is 2.44. The van der Waals surface area contributed by atoms with Gasteiger partial charge in [-0.2, -0.15) is 0 Å². The van der Waals surface area contributed by atoms with Crippen molar-refractivity contribution in [1.82, 2.24) is 5.32 Å². The van der Waals surface area contributed by atoms with Gasteiger partial charge in [-0.1, -0.05) is 29.8 Å². The molecule has 4 nitrogen and oxygen atoms in total. The van der Waals surface area contributed by atoms with E-state index in [0.717, 1.165) is 16.7 Å². The van der Waals surface area contributed by atoms with Crippen LogP contribution in [0, 0.1) is 6.92 Å². The highest BCUT2D eigenvalue weighted by molar-refractivity contribution is 6.25. The number of ether oxygens (including phenoxy) is 1. The zero-order chi connectivity index (χ0) is 14.1. The average molecular weight is 269 g/mol. The fourth-order valence-electron chi connectivity index (χ4n) is 2.37. The summed E-state index contributed by atoms with van der Waals surface area (Å²) in [5.41, 5.74) is 3.28. The number of hydrogen-bond donors (Lipinski definition) is 1. The first-order valence-corrected chi connectivity index (χ1v) is 6.42. The van der Waals surface area contributed by atoms with Crippen molar-refractivity contribution in [1.29, 1.82) is 0 Å². The van der Waals surface area contributed by atoms with E-state index in [2.05, 4.69) is 5.32 Å². The summed E-state index contributed by atoms with van der Waals surface area (Å²) in [5, 5.41) is 2.96. The number of ketones is 1. The lowest BCUT2D eigenvalue weighted by atomic mass is 9.97. The first-order chi connectivity index (χ1) is 9.70. The largest absolute Gasteiger partial charge is 0.472 e. The zero-order valence-corrected chi connectivity index (χ0v) is 11.3. The normalized spacial score (nSPS) is 18.3. The van der Waals surface area contributed by atoms with Crippen molar-refractivity contribution in [2.24, 2.45) is 0 Å². The quantitative estimate of drug-likeness (QED) is 0.931. The summed E-state index contributed by atoms with van der Waals surface area (Å²) in [7, 11) is 1.75. The van der Waals surface area contributed by atoms with Crippen LogP contribution in [0.1, 0.15) is 22.8 Å². The average Bonchev–Trinajstić information content (AvgIpc) is 3.05. The van der Waals surface area contributed by atoms with Crippen LogP contribution in [0.2, 0.25) is 0 Å². The standard InChI is InChI=1S/C16H15NO3/c1-10-4-3-5-11(8-10)13-14(18)15(20-16(13)17-2)12-6-7-19-9-12/h3-9,15,17H,1-2H3. The van der Waals surface area contributed by atoms with E-state index in [0.29, 0.717) is 11.5 Å². The lowest BCUT2D eigenvalue weighted by Crippen LogP contribution is -2.09. The smallest absolute Gasteiger partial charge is 0.214 e. The number of benzene rings is 1. The van der Waals surface area contributed by atoms with E-state index in [4.69, 9.17) is 9.15 Å². The van der Waals surface area contributed by atoms with E-state index in [1.54, 1.807) is 13.1 Å². The number of hydrogen-bond acceptors (Lipinski definition) is 4. The predicted octanol–water partition coefficient (Wildman–Crippen LogP) is 2.82.